The van der Waals surface area contributed by atoms with Crippen molar-refractivity contribution >= 4 is 17.9 Å². The van der Waals surface area contributed by atoms with Crippen molar-refractivity contribution in [3.05, 3.63) is 25.3 Å². The molecule has 0 rings (SSSR count). The topological polar surface area (TPSA) is 113 Å². The quantitative estimate of drug-likeness (QED) is 0.517. The standard InChI is InChI=1S/C11H17N3O4/c1-3-5-14(6-4-2)11(18)13-8(10(16)17)7-9(12)15/h3-4,8H,1-2,5-7H2,(H2,12,15)(H,13,18)(H,16,17)/t8-/m1/s1. The highest BCUT2D eigenvalue weighted by Gasteiger charge is 2.24. The van der Waals surface area contributed by atoms with Crippen LogP contribution in [0.5, 0.6) is 0 Å². The van der Waals surface area contributed by atoms with Crippen LogP contribution in [0.4, 0.5) is 4.79 Å². The second kappa shape index (κ2) is 7.88. The summed E-state index contributed by atoms with van der Waals surface area (Å²) in [6.07, 6.45) is 2.52. The molecule has 7 heteroatoms. The minimum atomic E-state index is -1.34. The van der Waals surface area contributed by atoms with Gasteiger partial charge in [-0.2, -0.15) is 0 Å². The fourth-order valence-corrected chi connectivity index (χ4v) is 1.19. The van der Waals surface area contributed by atoms with E-state index in [0.717, 1.165) is 0 Å². The average molecular weight is 255 g/mol. The summed E-state index contributed by atoms with van der Waals surface area (Å²) in [6, 6.07) is -1.96. The van der Waals surface area contributed by atoms with E-state index in [1.54, 1.807) is 0 Å². The van der Waals surface area contributed by atoms with Crippen molar-refractivity contribution in [1.29, 1.82) is 0 Å². The van der Waals surface area contributed by atoms with Gasteiger partial charge in [-0.25, -0.2) is 9.59 Å². The summed E-state index contributed by atoms with van der Waals surface area (Å²) in [4.78, 5) is 34.5. The van der Waals surface area contributed by atoms with Gasteiger partial charge in [0.25, 0.3) is 0 Å². The third-order valence-electron chi connectivity index (χ3n) is 1.99. The Morgan fingerprint density at radius 3 is 2.11 bits per heavy atom. The lowest BCUT2D eigenvalue weighted by atomic mass is 10.2. The first-order chi connectivity index (χ1) is 8.42. The van der Waals surface area contributed by atoms with Crippen molar-refractivity contribution in [2.24, 2.45) is 5.73 Å². The second-order valence-electron chi connectivity index (χ2n) is 3.49. The van der Waals surface area contributed by atoms with E-state index in [9.17, 15) is 14.4 Å². The summed E-state index contributed by atoms with van der Waals surface area (Å²) in [7, 11) is 0. The third-order valence-corrected chi connectivity index (χ3v) is 1.99. The fourth-order valence-electron chi connectivity index (χ4n) is 1.19. The number of carboxylic acids is 1. The SMILES string of the molecule is C=CCN(CC=C)C(=O)N[C@H](CC(N)=O)C(=O)O. The number of aliphatic carboxylic acids is 1. The Balaban J connectivity index is 4.63. The predicted octanol–water partition coefficient (Wildman–Crippen LogP) is -0.301. The number of primary amides is 1. The molecule has 0 saturated carbocycles. The number of rotatable bonds is 8. The summed E-state index contributed by atoms with van der Waals surface area (Å²) in [5.74, 6) is -2.12. The molecule has 0 spiro atoms. The number of nitrogens with one attached hydrogen (secondary N) is 1. The van der Waals surface area contributed by atoms with E-state index in [0.29, 0.717) is 0 Å². The molecule has 1 atom stereocenters. The Morgan fingerprint density at radius 2 is 1.78 bits per heavy atom. The fraction of sp³-hybridized carbons (Fsp3) is 0.364. The van der Waals surface area contributed by atoms with Gasteiger partial charge in [0.1, 0.15) is 6.04 Å². The molecule has 0 bridgehead atoms. The minimum Gasteiger partial charge on any atom is -0.480 e. The molecule has 0 saturated heterocycles. The summed E-state index contributed by atoms with van der Waals surface area (Å²) >= 11 is 0. The molecular weight excluding hydrogens is 238 g/mol. The molecule has 0 unspecified atom stereocenters. The van der Waals surface area contributed by atoms with E-state index in [-0.39, 0.29) is 13.1 Å². The molecule has 0 aromatic carbocycles. The van der Waals surface area contributed by atoms with Crippen molar-refractivity contribution in [2.75, 3.05) is 13.1 Å². The van der Waals surface area contributed by atoms with Crippen LogP contribution in [0.1, 0.15) is 6.42 Å². The molecule has 100 valence electrons. The van der Waals surface area contributed by atoms with Crippen molar-refractivity contribution < 1.29 is 19.5 Å². The highest BCUT2D eigenvalue weighted by molar-refractivity contribution is 5.87. The van der Waals surface area contributed by atoms with Gasteiger partial charge in [-0.1, -0.05) is 12.2 Å². The molecule has 0 aromatic heterocycles. The van der Waals surface area contributed by atoms with Gasteiger partial charge in [0.05, 0.1) is 6.42 Å². The maximum atomic E-state index is 11.7. The summed E-state index contributed by atoms with van der Waals surface area (Å²) in [5.41, 5.74) is 4.90. The zero-order valence-corrected chi connectivity index (χ0v) is 9.96. The van der Waals surface area contributed by atoms with E-state index in [2.05, 4.69) is 18.5 Å². The van der Waals surface area contributed by atoms with Crippen LogP contribution in [0.2, 0.25) is 0 Å². The van der Waals surface area contributed by atoms with Crippen LogP contribution in [-0.2, 0) is 9.59 Å². The maximum Gasteiger partial charge on any atom is 0.326 e. The van der Waals surface area contributed by atoms with Crippen LogP contribution in [0.15, 0.2) is 25.3 Å². The lowest BCUT2D eigenvalue weighted by Crippen LogP contribution is -2.49. The monoisotopic (exact) mass is 255 g/mol. The first kappa shape index (κ1) is 15.7. The molecule has 0 radical (unpaired) electrons. The number of carbonyl (C=O) groups excluding carboxylic acids is 2. The molecule has 0 aliphatic heterocycles. The van der Waals surface area contributed by atoms with Crippen LogP contribution in [0, 0.1) is 0 Å². The van der Waals surface area contributed by atoms with Crippen LogP contribution >= 0.6 is 0 Å². The number of carbonyl (C=O) groups is 3. The Kier molecular flexibility index (Phi) is 6.87. The summed E-state index contributed by atoms with van der Waals surface area (Å²) in [6.45, 7) is 7.44. The van der Waals surface area contributed by atoms with Crippen LogP contribution in [-0.4, -0.2) is 47.0 Å². The molecule has 7 nitrogen and oxygen atoms in total. The van der Waals surface area contributed by atoms with E-state index in [1.165, 1.54) is 17.1 Å². The van der Waals surface area contributed by atoms with Gasteiger partial charge in [-0.15, -0.1) is 13.2 Å². The molecule has 3 amide bonds. The molecule has 18 heavy (non-hydrogen) atoms. The number of hydrogen-bond donors (Lipinski definition) is 3. The molecule has 0 aromatic rings. The second-order valence-corrected chi connectivity index (χ2v) is 3.49. The number of nitrogens with zero attached hydrogens (tertiary/aromatic N) is 1. The van der Waals surface area contributed by atoms with Gasteiger partial charge in [0.2, 0.25) is 5.91 Å². The van der Waals surface area contributed by atoms with Crippen molar-refractivity contribution in [2.45, 2.75) is 12.5 Å². The van der Waals surface area contributed by atoms with Crippen molar-refractivity contribution in [1.82, 2.24) is 10.2 Å². The van der Waals surface area contributed by atoms with Crippen LogP contribution in [0.25, 0.3) is 0 Å². The Labute approximate surface area is 105 Å². The zero-order chi connectivity index (χ0) is 14.1. The van der Waals surface area contributed by atoms with E-state index < -0.39 is 30.4 Å². The van der Waals surface area contributed by atoms with E-state index in [4.69, 9.17) is 10.8 Å². The molecule has 0 aliphatic carbocycles. The molecular formula is C11H17N3O4. The average Bonchev–Trinajstić information content (AvgIpc) is 2.27. The van der Waals surface area contributed by atoms with Crippen LogP contribution < -0.4 is 11.1 Å². The smallest absolute Gasteiger partial charge is 0.326 e. The molecule has 0 fully saturated rings. The van der Waals surface area contributed by atoms with Gasteiger partial charge in [0.15, 0.2) is 0 Å². The first-order valence-corrected chi connectivity index (χ1v) is 5.20. The zero-order valence-electron chi connectivity index (χ0n) is 9.96. The number of amides is 3. The van der Waals surface area contributed by atoms with Gasteiger partial charge >= 0.3 is 12.0 Å². The van der Waals surface area contributed by atoms with Gasteiger partial charge in [-0.3, -0.25) is 4.79 Å². The highest BCUT2D eigenvalue weighted by Crippen LogP contribution is 1.97. The largest absolute Gasteiger partial charge is 0.480 e. The van der Waals surface area contributed by atoms with Gasteiger partial charge in [0, 0.05) is 13.1 Å². The minimum absolute atomic E-state index is 0.237. The van der Waals surface area contributed by atoms with Crippen molar-refractivity contribution in [3.63, 3.8) is 0 Å². The van der Waals surface area contributed by atoms with Crippen LogP contribution in [0.3, 0.4) is 0 Å². The first-order valence-electron chi connectivity index (χ1n) is 5.20. The maximum absolute atomic E-state index is 11.7. The van der Waals surface area contributed by atoms with E-state index in [1.807, 2.05) is 0 Å². The lowest BCUT2D eigenvalue weighted by molar-refractivity contribution is -0.140. The molecule has 0 aliphatic rings. The number of nitrogens with two attached hydrogens (primary N) is 1. The number of urea groups is 1. The summed E-state index contributed by atoms with van der Waals surface area (Å²) in [5, 5.41) is 11.0. The lowest BCUT2D eigenvalue weighted by Gasteiger charge is -2.22. The van der Waals surface area contributed by atoms with E-state index >= 15 is 0 Å². The predicted molar refractivity (Wildman–Crippen MR) is 65.7 cm³/mol. The Hall–Kier alpha value is -2.31. The number of carboxylic acid groups (broad SMARTS) is 1. The summed E-state index contributed by atoms with van der Waals surface area (Å²) < 4.78 is 0. The number of hydrogen-bond acceptors (Lipinski definition) is 3. The van der Waals surface area contributed by atoms with Crippen molar-refractivity contribution in [3.8, 4) is 0 Å². The Morgan fingerprint density at radius 1 is 1.28 bits per heavy atom. The Bertz CT molecular complexity index is 344. The molecule has 4 N–H and O–H groups in total. The normalized spacial score (nSPS) is 11.1. The highest BCUT2D eigenvalue weighted by atomic mass is 16.4. The van der Waals surface area contributed by atoms with Gasteiger partial charge < -0.3 is 21.1 Å². The molecule has 0 heterocycles. The third kappa shape index (κ3) is 5.69. The van der Waals surface area contributed by atoms with Gasteiger partial charge in [-0.05, 0) is 0 Å².